The van der Waals surface area contributed by atoms with Gasteiger partial charge in [-0.2, -0.15) is 0 Å². The van der Waals surface area contributed by atoms with E-state index < -0.39 is 0 Å². The van der Waals surface area contributed by atoms with Crippen LogP contribution in [0.15, 0.2) is 0 Å². The number of carbonyl (C=O) groups is 1. The van der Waals surface area contributed by atoms with Crippen molar-refractivity contribution < 1.29 is 4.79 Å². The number of nitrogens with one attached hydrogen (secondary N) is 1. The molecule has 1 rings (SSSR count). The highest BCUT2D eigenvalue weighted by Crippen LogP contribution is 2.27. The van der Waals surface area contributed by atoms with Crippen molar-refractivity contribution in [1.29, 1.82) is 0 Å². The molecular formula is C13H24ClNO. The number of halogens is 1. The average Bonchev–Trinajstić information content (AvgIpc) is 2.69. The summed E-state index contributed by atoms with van der Waals surface area (Å²) in [5, 5.41) is 3.12. The molecule has 1 N–H and O–H groups in total. The van der Waals surface area contributed by atoms with Crippen LogP contribution in [-0.4, -0.2) is 17.8 Å². The van der Waals surface area contributed by atoms with E-state index in [1.165, 1.54) is 25.7 Å². The lowest BCUT2D eigenvalue weighted by Crippen LogP contribution is -2.39. The highest BCUT2D eigenvalue weighted by molar-refractivity contribution is 6.17. The molecule has 1 unspecified atom stereocenters. The van der Waals surface area contributed by atoms with Gasteiger partial charge in [-0.15, -0.1) is 11.6 Å². The number of rotatable bonds is 6. The minimum Gasteiger partial charge on any atom is -0.353 e. The van der Waals surface area contributed by atoms with Gasteiger partial charge in [-0.25, -0.2) is 0 Å². The Hall–Kier alpha value is -0.240. The van der Waals surface area contributed by atoms with E-state index in [0.717, 1.165) is 6.42 Å². The maximum absolute atomic E-state index is 11.8. The van der Waals surface area contributed by atoms with Crippen LogP contribution in [0.2, 0.25) is 0 Å². The molecule has 0 heterocycles. The highest BCUT2D eigenvalue weighted by atomic mass is 35.5. The van der Waals surface area contributed by atoms with Gasteiger partial charge in [-0.05, 0) is 31.1 Å². The minimum atomic E-state index is 0.218. The molecule has 0 aliphatic heterocycles. The van der Waals surface area contributed by atoms with Crippen molar-refractivity contribution in [2.75, 3.05) is 5.88 Å². The molecule has 1 amide bonds. The molecule has 0 bridgehead atoms. The van der Waals surface area contributed by atoms with E-state index in [9.17, 15) is 4.79 Å². The van der Waals surface area contributed by atoms with Crippen molar-refractivity contribution >= 4 is 17.5 Å². The molecule has 1 saturated carbocycles. The van der Waals surface area contributed by atoms with Gasteiger partial charge < -0.3 is 5.32 Å². The third-order valence-corrected chi connectivity index (χ3v) is 3.74. The monoisotopic (exact) mass is 245 g/mol. The van der Waals surface area contributed by atoms with E-state index >= 15 is 0 Å². The summed E-state index contributed by atoms with van der Waals surface area (Å²) < 4.78 is 0. The molecule has 16 heavy (non-hydrogen) atoms. The van der Waals surface area contributed by atoms with Gasteiger partial charge in [0.1, 0.15) is 0 Å². The molecule has 0 radical (unpaired) electrons. The zero-order valence-electron chi connectivity index (χ0n) is 10.5. The lowest BCUT2D eigenvalue weighted by atomic mass is 9.99. The summed E-state index contributed by atoms with van der Waals surface area (Å²) in [7, 11) is 0. The second kappa shape index (κ2) is 7.16. The van der Waals surface area contributed by atoms with Gasteiger partial charge in [0.25, 0.3) is 0 Å². The minimum absolute atomic E-state index is 0.218. The van der Waals surface area contributed by atoms with Crippen LogP contribution in [0.3, 0.4) is 0 Å². The summed E-state index contributed by atoms with van der Waals surface area (Å²) in [5.74, 6) is 1.93. The third kappa shape index (κ3) is 4.73. The molecule has 0 aromatic heterocycles. The lowest BCUT2D eigenvalue weighted by Gasteiger charge is -2.22. The fraction of sp³-hybridized carbons (Fsp3) is 0.923. The number of carbonyl (C=O) groups excluding carboxylic acids is 1. The molecule has 1 aliphatic carbocycles. The molecule has 1 aliphatic rings. The van der Waals surface area contributed by atoms with Gasteiger partial charge in [0, 0.05) is 18.3 Å². The Balaban J connectivity index is 2.29. The van der Waals surface area contributed by atoms with Crippen LogP contribution in [0.25, 0.3) is 0 Å². The highest BCUT2D eigenvalue weighted by Gasteiger charge is 2.21. The zero-order chi connectivity index (χ0) is 12.0. The van der Waals surface area contributed by atoms with E-state index in [2.05, 4.69) is 19.2 Å². The van der Waals surface area contributed by atoms with Gasteiger partial charge in [0.05, 0.1) is 0 Å². The quantitative estimate of drug-likeness (QED) is 0.715. The predicted molar refractivity (Wildman–Crippen MR) is 68.7 cm³/mol. The Bertz CT molecular complexity index is 212. The summed E-state index contributed by atoms with van der Waals surface area (Å²) in [5.41, 5.74) is 0. The molecule has 0 aromatic rings. The Morgan fingerprint density at radius 1 is 1.38 bits per heavy atom. The molecule has 0 aromatic carbocycles. The number of amides is 1. The third-order valence-electron chi connectivity index (χ3n) is 3.52. The first-order valence-electron chi connectivity index (χ1n) is 6.48. The average molecular weight is 246 g/mol. The second-order valence-corrected chi connectivity index (χ2v) is 5.63. The molecule has 1 atom stereocenters. The normalized spacial score (nSPS) is 19.0. The van der Waals surface area contributed by atoms with E-state index in [4.69, 9.17) is 11.6 Å². The van der Waals surface area contributed by atoms with Gasteiger partial charge >= 0.3 is 0 Å². The number of hydrogen-bond donors (Lipinski definition) is 1. The Morgan fingerprint density at radius 2 is 2.00 bits per heavy atom. The molecular weight excluding hydrogens is 222 g/mol. The molecule has 0 saturated heterocycles. The summed E-state index contributed by atoms with van der Waals surface area (Å²) in [4.78, 5) is 11.8. The van der Waals surface area contributed by atoms with Crippen molar-refractivity contribution in [3.8, 4) is 0 Å². The van der Waals surface area contributed by atoms with Crippen LogP contribution in [-0.2, 0) is 4.79 Å². The maximum atomic E-state index is 11.8. The Labute approximate surface area is 104 Å². The van der Waals surface area contributed by atoms with Crippen LogP contribution < -0.4 is 5.32 Å². The summed E-state index contributed by atoms with van der Waals surface area (Å²) in [6.07, 6.45) is 6.64. The van der Waals surface area contributed by atoms with Crippen molar-refractivity contribution in [3.05, 3.63) is 0 Å². The Kier molecular flexibility index (Phi) is 6.18. The van der Waals surface area contributed by atoms with Crippen LogP contribution in [0.4, 0.5) is 0 Å². The van der Waals surface area contributed by atoms with Crippen molar-refractivity contribution in [1.82, 2.24) is 5.32 Å². The van der Waals surface area contributed by atoms with Gasteiger partial charge in [0.2, 0.25) is 5.91 Å². The number of alkyl halides is 1. The second-order valence-electron chi connectivity index (χ2n) is 5.25. The van der Waals surface area contributed by atoms with E-state index in [1.54, 1.807) is 0 Å². The summed E-state index contributed by atoms with van der Waals surface area (Å²) in [6, 6.07) is 0.242. The fourth-order valence-electron chi connectivity index (χ4n) is 2.43. The van der Waals surface area contributed by atoms with Gasteiger partial charge in [-0.3, -0.25) is 4.79 Å². The predicted octanol–water partition coefficient (Wildman–Crippen LogP) is 3.34. The van der Waals surface area contributed by atoms with Crippen molar-refractivity contribution in [2.24, 2.45) is 11.8 Å². The fourth-order valence-corrected chi connectivity index (χ4v) is 2.67. The summed E-state index contributed by atoms with van der Waals surface area (Å²) >= 11 is 5.74. The smallest absolute Gasteiger partial charge is 0.220 e. The SMILES string of the molecule is CC(C)C(CCCl)NC(=O)CC1CCCC1. The largest absolute Gasteiger partial charge is 0.353 e. The van der Waals surface area contributed by atoms with E-state index in [-0.39, 0.29) is 11.9 Å². The first-order chi connectivity index (χ1) is 7.63. The standard InChI is InChI=1S/C13H24ClNO/c1-10(2)12(7-8-14)15-13(16)9-11-5-3-4-6-11/h10-12H,3-9H2,1-2H3,(H,15,16). The zero-order valence-corrected chi connectivity index (χ0v) is 11.2. The maximum Gasteiger partial charge on any atom is 0.220 e. The van der Waals surface area contributed by atoms with Crippen molar-refractivity contribution in [2.45, 2.75) is 58.4 Å². The van der Waals surface area contributed by atoms with Gasteiger partial charge in [-0.1, -0.05) is 26.7 Å². The van der Waals surface area contributed by atoms with Crippen LogP contribution in [0.1, 0.15) is 52.4 Å². The van der Waals surface area contributed by atoms with Crippen LogP contribution >= 0.6 is 11.6 Å². The van der Waals surface area contributed by atoms with Gasteiger partial charge in [0.15, 0.2) is 0 Å². The molecule has 2 nitrogen and oxygen atoms in total. The number of hydrogen-bond acceptors (Lipinski definition) is 1. The first-order valence-corrected chi connectivity index (χ1v) is 7.02. The molecule has 94 valence electrons. The molecule has 3 heteroatoms. The van der Waals surface area contributed by atoms with Crippen molar-refractivity contribution in [3.63, 3.8) is 0 Å². The van der Waals surface area contributed by atoms with Crippen LogP contribution in [0.5, 0.6) is 0 Å². The molecule has 0 spiro atoms. The Morgan fingerprint density at radius 3 is 2.50 bits per heavy atom. The summed E-state index contributed by atoms with van der Waals surface area (Å²) in [6.45, 7) is 4.26. The first kappa shape index (κ1) is 13.8. The van der Waals surface area contributed by atoms with E-state index in [1.807, 2.05) is 0 Å². The van der Waals surface area contributed by atoms with E-state index in [0.29, 0.717) is 24.1 Å². The molecule has 1 fully saturated rings. The van der Waals surface area contributed by atoms with Crippen LogP contribution in [0, 0.1) is 11.8 Å². The lowest BCUT2D eigenvalue weighted by molar-refractivity contribution is -0.123. The topological polar surface area (TPSA) is 29.1 Å².